The van der Waals surface area contributed by atoms with Gasteiger partial charge in [0.25, 0.3) is 0 Å². The largest absolute Gasteiger partial charge is 0.340 e. The number of rotatable bonds is 5. The number of amides is 1. The Morgan fingerprint density at radius 1 is 1.13 bits per heavy atom. The van der Waals surface area contributed by atoms with Gasteiger partial charge in [-0.15, -0.1) is 0 Å². The molecule has 1 heterocycles. The van der Waals surface area contributed by atoms with Crippen LogP contribution in [0.4, 0.5) is 0 Å². The Morgan fingerprint density at radius 2 is 1.74 bits per heavy atom. The number of piperazine rings is 1. The van der Waals surface area contributed by atoms with Crippen LogP contribution in [0.2, 0.25) is 5.02 Å². The first-order chi connectivity index (χ1) is 11.0. The second-order valence-corrected chi connectivity index (χ2v) is 7.09. The molecule has 1 saturated carbocycles. The van der Waals surface area contributed by atoms with Crippen LogP contribution in [0.1, 0.15) is 30.1 Å². The monoisotopic (exact) mass is 334 g/mol. The molecule has 3 rings (SSSR count). The van der Waals surface area contributed by atoms with E-state index >= 15 is 0 Å². The summed E-state index contributed by atoms with van der Waals surface area (Å²) in [6, 6.07) is 7.01. The summed E-state index contributed by atoms with van der Waals surface area (Å²) in [4.78, 5) is 28.8. The van der Waals surface area contributed by atoms with E-state index in [2.05, 4.69) is 11.8 Å². The number of hydrogen-bond acceptors (Lipinski definition) is 3. The van der Waals surface area contributed by atoms with E-state index in [1.807, 2.05) is 4.90 Å². The summed E-state index contributed by atoms with van der Waals surface area (Å²) in [7, 11) is 0. The summed E-state index contributed by atoms with van der Waals surface area (Å²) in [5.74, 6) is 1.16. The molecule has 1 aromatic carbocycles. The van der Waals surface area contributed by atoms with Crippen LogP contribution >= 0.6 is 11.6 Å². The average molecular weight is 335 g/mol. The highest BCUT2D eigenvalue weighted by Gasteiger charge is 2.35. The molecule has 1 aliphatic carbocycles. The third kappa shape index (κ3) is 4.12. The van der Waals surface area contributed by atoms with Crippen molar-refractivity contribution >= 4 is 23.3 Å². The van der Waals surface area contributed by atoms with Crippen molar-refractivity contribution in [1.82, 2.24) is 9.80 Å². The van der Waals surface area contributed by atoms with Crippen LogP contribution in [-0.2, 0) is 4.79 Å². The van der Waals surface area contributed by atoms with Gasteiger partial charge in [0.1, 0.15) is 0 Å². The fourth-order valence-corrected chi connectivity index (χ4v) is 3.27. The Kier molecular flexibility index (Phi) is 5.02. The molecule has 2 aliphatic rings. The van der Waals surface area contributed by atoms with E-state index in [1.54, 1.807) is 24.3 Å². The van der Waals surface area contributed by atoms with Gasteiger partial charge in [0, 0.05) is 42.7 Å². The van der Waals surface area contributed by atoms with Gasteiger partial charge in [0.15, 0.2) is 5.78 Å². The van der Waals surface area contributed by atoms with E-state index in [9.17, 15) is 9.59 Å². The molecule has 0 N–H and O–H groups in total. The summed E-state index contributed by atoms with van der Waals surface area (Å²) >= 11 is 5.85. The molecule has 0 bridgehead atoms. The molecular formula is C18H23ClN2O2. The van der Waals surface area contributed by atoms with Crippen molar-refractivity contribution in [2.75, 3.05) is 32.7 Å². The van der Waals surface area contributed by atoms with Gasteiger partial charge in [0.05, 0.1) is 6.54 Å². The molecule has 1 saturated heterocycles. The molecule has 5 heteroatoms. The van der Waals surface area contributed by atoms with Gasteiger partial charge in [0.2, 0.25) is 5.91 Å². The van der Waals surface area contributed by atoms with Crippen molar-refractivity contribution in [2.24, 2.45) is 11.8 Å². The van der Waals surface area contributed by atoms with Gasteiger partial charge in [-0.2, -0.15) is 0 Å². The number of nitrogens with zero attached hydrogens (tertiary/aromatic N) is 2. The van der Waals surface area contributed by atoms with Crippen LogP contribution in [0.3, 0.4) is 0 Å². The molecule has 1 unspecified atom stereocenters. The average Bonchev–Trinajstić information content (AvgIpc) is 3.40. The number of hydrogen-bond donors (Lipinski definition) is 0. The topological polar surface area (TPSA) is 40.6 Å². The van der Waals surface area contributed by atoms with E-state index < -0.39 is 0 Å². The van der Waals surface area contributed by atoms with E-state index in [1.165, 1.54) is 12.8 Å². The second kappa shape index (κ2) is 7.02. The summed E-state index contributed by atoms with van der Waals surface area (Å²) in [5, 5.41) is 0.637. The van der Waals surface area contributed by atoms with Gasteiger partial charge in [-0.25, -0.2) is 0 Å². The number of carbonyl (C=O) groups excluding carboxylic acids is 2. The van der Waals surface area contributed by atoms with Crippen molar-refractivity contribution in [3.63, 3.8) is 0 Å². The van der Waals surface area contributed by atoms with Crippen molar-refractivity contribution in [3.8, 4) is 0 Å². The van der Waals surface area contributed by atoms with Gasteiger partial charge in [-0.05, 0) is 43.0 Å². The minimum atomic E-state index is 0.104. The van der Waals surface area contributed by atoms with Gasteiger partial charge >= 0.3 is 0 Å². The van der Waals surface area contributed by atoms with Crippen molar-refractivity contribution in [3.05, 3.63) is 34.9 Å². The number of ketones is 1. The standard InChI is InChI=1S/C18H23ClN2O2/c1-13(14-2-3-14)18(23)21-10-8-20(9-11-21)12-17(22)15-4-6-16(19)7-5-15/h4-7,13-14H,2-3,8-12H2,1H3. The molecule has 0 radical (unpaired) electrons. The third-order valence-corrected chi connectivity index (χ3v) is 5.19. The van der Waals surface area contributed by atoms with E-state index in [4.69, 9.17) is 11.6 Å². The maximum Gasteiger partial charge on any atom is 0.225 e. The molecule has 23 heavy (non-hydrogen) atoms. The first-order valence-electron chi connectivity index (χ1n) is 8.34. The quantitative estimate of drug-likeness (QED) is 0.777. The van der Waals surface area contributed by atoms with Crippen LogP contribution in [-0.4, -0.2) is 54.2 Å². The number of benzene rings is 1. The Morgan fingerprint density at radius 3 is 2.30 bits per heavy atom. The first-order valence-corrected chi connectivity index (χ1v) is 8.72. The number of carbonyl (C=O) groups is 2. The summed E-state index contributed by atoms with van der Waals surface area (Å²) in [6.45, 7) is 5.44. The minimum absolute atomic E-state index is 0.104. The zero-order chi connectivity index (χ0) is 16.4. The lowest BCUT2D eigenvalue weighted by molar-refractivity contribution is -0.137. The highest BCUT2D eigenvalue weighted by atomic mass is 35.5. The number of Topliss-reactive ketones (excluding diaryl/α,β-unsaturated/α-hetero) is 1. The molecule has 0 spiro atoms. The zero-order valence-electron chi connectivity index (χ0n) is 13.5. The minimum Gasteiger partial charge on any atom is -0.340 e. The first kappa shape index (κ1) is 16.5. The molecule has 124 valence electrons. The smallest absolute Gasteiger partial charge is 0.225 e. The fraction of sp³-hybridized carbons (Fsp3) is 0.556. The van der Waals surface area contributed by atoms with E-state index in [0.717, 1.165) is 26.2 Å². The summed E-state index contributed by atoms with van der Waals surface area (Å²) in [6.07, 6.45) is 2.39. The normalized spacial score (nSPS) is 20.3. The summed E-state index contributed by atoms with van der Waals surface area (Å²) < 4.78 is 0. The molecule has 0 aromatic heterocycles. The molecular weight excluding hydrogens is 312 g/mol. The van der Waals surface area contributed by atoms with Gasteiger partial charge < -0.3 is 4.90 Å². The predicted octanol–water partition coefficient (Wildman–Crippen LogP) is 2.71. The molecule has 2 fully saturated rings. The lowest BCUT2D eigenvalue weighted by Crippen LogP contribution is -2.51. The number of halogens is 1. The van der Waals surface area contributed by atoms with Crippen molar-refractivity contribution < 1.29 is 9.59 Å². The second-order valence-electron chi connectivity index (χ2n) is 6.66. The van der Waals surface area contributed by atoms with E-state index in [-0.39, 0.29) is 17.6 Å². The van der Waals surface area contributed by atoms with Crippen LogP contribution in [0.5, 0.6) is 0 Å². The maximum absolute atomic E-state index is 12.4. The highest BCUT2D eigenvalue weighted by molar-refractivity contribution is 6.30. The van der Waals surface area contributed by atoms with Crippen LogP contribution in [0.15, 0.2) is 24.3 Å². The van der Waals surface area contributed by atoms with E-state index in [0.29, 0.717) is 23.0 Å². The maximum atomic E-state index is 12.4. The Balaban J connectivity index is 1.48. The summed E-state index contributed by atoms with van der Waals surface area (Å²) in [5.41, 5.74) is 0.690. The van der Waals surface area contributed by atoms with Crippen molar-refractivity contribution in [1.29, 1.82) is 0 Å². The van der Waals surface area contributed by atoms with Crippen LogP contribution in [0.25, 0.3) is 0 Å². The Labute approximate surface area is 142 Å². The van der Waals surface area contributed by atoms with Crippen molar-refractivity contribution in [2.45, 2.75) is 19.8 Å². The van der Waals surface area contributed by atoms with Gasteiger partial charge in [-0.3, -0.25) is 14.5 Å². The third-order valence-electron chi connectivity index (χ3n) is 4.94. The van der Waals surface area contributed by atoms with Crippen LogP contribution < -0.4 is 0 Å². The lowest BCUT2D eigenvalue weighted by atomic mass is 10.0. The Hall–Kier alpha value is -1.39. The highest BCUT2D eigenvalue weighted by Crippen LogP contribution is 2.37. The molecule has 1 amide bonds. The van der Waals surface area contributed by atoms with Crippen LogP contribution in [0, 0.1) is 11.8 Å². The predicted molar refractivity (Wildman–Crippen MR) is 90.7 cm³/mol. The SMILES string of the molecule is CC(C(=O)N1CCN(CC(=O)c2ccc(Cl)cc2)CC1)C1CC1. The Bertz CT molecular complexity index is 575. The lowest BCUT2D eigenvalue weighted by Gasteiger charge is -2.35. The molecule has 1 aliphatic heterocycles. The molecule has 4 nitrogen and oxygen atoms in total. The van der Waals surface area contributed by atoms with Gasteiger partial charge in [-0.1, -0.05) is 18.5 Å². The molecule has 1 aromatic rings. The molecule has 1 atom stereocenters. The fourth-order valence-electron chi connectivity index (χ4n) is 3.14. The zero-order valence-corrected chi connectivity index (χ0v) is 14.3.